The highest BCUT2D eigenvalue weighted by molar-refractivity contribution is 6.46. The minimum absolute atomic E-state index is 0.0658. The maximum atomic E-state index is 13.2. The summed E-state index contributed by atoms with van der Waals surface area (Å²) < 4.78 is 5.31. The second-order valence-corrected chi connectivity index (χ2v) is 8.46. The number of hydrogen-bond acceptors (Lipinski definition) is 6. The number of anilines is 1. The number of hydrogen-bond donors (Lipinski definition) is 1. The minimum atomic E-state index is -0.737. The molecule has 1 N–H and O–H groups in total. The summed E-state index contributed by atoms with van der Waals surface area (Å²) in [4.78, 5) is 34.0. The average molecular weight is 458 g/mol. The van der Waals surface area contributed by atoms with Crippen molar-refractivity contribution >= 4 is 23.1 Å². The Kier molecular flexibility index (Phi) is 6.36. The molecule has 0 bridgehead atoms. The van der Waals surface area contributed by atoms with Gasteiger partial charge < -0.3 is 19.6 Å². The van der Waals surface area contributed by atoms with Gasteiger partial charge in [0.15, 0.2) is 0 Å². The van der Waals surface area contributed by atoms with E-state index in [9.17, 15) is 14.7 Å². The fraction of sp³-hybridized carbons (Fsp3) is 0.222. The lowest BCUT2D eigenvalue weighted by molar-refractivity contribution is -0.140. The first-order chi connectivity index (χ1) is 16.3. The van der Waals surface area contributed by atoms with E-state index >= 15 is 0 Å². The van der Waals surface area contributed by atoms with Crippen molar-refractivity contribution in [2.45, 2.75) is 19.5 Å². The van der Waals surface area contributed by atoms with Crippen molar-refractivity contribution in [1.82, 2.24) is 9.88 Å². The fourth-order valence-electron chi connectivity index (χ4n) is 4.21. The third-order valence-electron chi connectivity index (χ3n) is 6.01. The van der Waals surface area contributed by atoms with Crippen LogP contribution in [0, 0.1) is 6.92 Å². The first-order valence-electron chi connectivity index (χ1n) is 10.9. The van der Waals surface area contributed by atoms with Crippen LogP contribution >= 0.6 is 0 Å². The van der Waals surface area contributed by atoms with E-state index in [-0.39, 0.29) is 17.9 Å². The number of ketones is 1. The molecule has 1 aromatic heterocycles. The number of aliphatic hydroxyl groups is 1. The molecule has 1 fully saturated rings. The molecule has 0 spiro atoms. The quantitative estimate of drug-likeness (QED) is 0.341. The van der Waals surface area contributed by atoms with Crippen molar-refractivity contribution in [3.8, 4) is 5.75 Å². The number of aliphatic hydroxyl groups excluding tert-OH is 1. The van der Waals surface area contributed by atoms with Crippen LogP contribution in [0.1, 0.15) is 28.3 Å². The van der Waals surface area contributed by atoms with Crippen LogP contribution in [0.3, 0.4) is 0 Å². The van der Waals surface area contributed by atoms with Crippen LogP contribution in [0.15, 0.2) is 72.6 Å². The van der Waals surface area contributed by atoms with Crippen molar-refractivity contribution < 1.29 is 19.4 Å². The number of carbonyl (C=O) groups excluding carboxylic acids is 2. The van der Waals surface area contributed by atoms with E-state index in [1.807, 2.05) is 56.3 Å². The van der Waals surface area contributed by atoms with Gasteiger partial charge in [-0.3, -0.25) is 14.6 Å². The first kappa shape index (κ1) is 23.0. The molecule has 7 heteroatoms. The highest BCUT2D eigenvalue weighted by atomic mass is 16.5. The van der Waals surface area contributed by atoms with Crippen molar-refractivity contribution in [3.05, 3.63) is 94.8 Å². The van der Waals surface area contributed by atoms with Gasteiger partial charge in [-0.2, -0.15) is 0 Å². The molecule has 0 saturated carbocycles. The van der Waals surface area contributed by atoms with E-state index in [1.54, 1.807) is 43.8 Å². The monoisotopic (exact) mass is 457 g/mol. The predicted octanol–water partition coefficient (Wildman–Crippen LogP) is 4.09. The van der Waals surface area contributed by atoms with Gasteiger partial charge in [-0.1, -0.05) is 18.2 Å². The van der Waals surface area contributed by atoms with Crippen LogP contribution in [0.5, 0.6) is 5.75 Å². The number of benzene rings is 2. The summed E-state index contributed by atoms with van der Waals surface area (Å²) in [6.07, 6.45) is 3.32. The number of likely N-dealkylation sites (tertiary alicyclic amines) is 1. The summed E-state index contributed by atoms with van der Waals surface area (Å²) in [5.41, 5.74) is 3.84. The smallest absolute Gasteiger partial charge is 0.295 e. The zero-order valence-corrected chi connectivity index (χ0v) is 19.6. The lowest BCUT2D eigenvalue weighted by Crippen LogP contribution is -2.29. The summed E-state index contributed by atoms with van der Waals surface area (Å²) in [7, 11) is 5.45. The Morgan fingerprint density at radius 2 is 1.85 bits per heavy atom. The molecule has 1 saturated heterocycles. The summed E-state index contributed by atoms with van der Waals surface area (Å²) in [5.74, 6) is -0.905. The molecule has 1 amide bonds. The van der Waals surface area contributed by atoms with Gasteiger partial charge in [-0.25, -0.2) is 0 Å². The number of amides is 1. The molecular formula is C27H27N3O4. The predicted molar refractivity (Wildman–Crippen MR) is 131 cm³/mol. The van der Waals surface area contributed by atoms with Crippen LogP contribution in [0.2, 0.25) is 0 Å². The molecule has 3 aromatic rings. The Morgan fingerprint density at radius 3 is 2.44 bits per heavy atom. The van der Waals surface area contributed by atoms with Gasteiger partial charge in [-0.05, 0) is 60.0 Å². The summed E-state index contributed by atoms with van der Waals surface area (Å²) >= 11 is 0. The van der Waals surface area contributed by atoms with Gasteiger partial charge in [0.1, 0.15) is 11.5 Å². The van der Waals surface area contributed by atoms with Gasteiger partial charge in [0.25, 0.3) is 11.7 Å². The van der Waals surface area contributed by atoms with Crippen molar-refractivity contribution in [1.29, 1.82) is 0 Å². The Morgan fingerprint density at radius 1 is 1.12 bits per heavy atom. The van der Waals surface area contributed by atoms with Gasteiger partial charge >= 0.3 is 0 Å². The van der Waals surface area contributed by atoms with Gasteiger partial charge in [0.2, 0.25) is 0 Å². The van der Waals surface area contributed by atoms with Crippen molar-refractivity contribution in [3.63, 3.8) is 0 Å². The number of aromatic nitrogens is 1. The summed E-state index contributed by atoms with van der Waals surface area (Å²) in [5, 5.41) is 11.3. The topological polar surface area (TPSA) is 83.0 Å². The van der Waals surface area contributed by atoms with E-state index < -0.39 is 17.7 Å². The summed E-state index contributed by atoms with van der Waals surface area (Å²) in [6, 6.07) is 15.7. The van der Waals surface area contributed by atoms with Crippen LogP contribution in [0.25, 0.3) is 5.76 Å². The van der Waals surface area contributed by atoms with Crippen LogP contribution in [0.4, 0.5) is 5.69 Å². The lowest BCUT2D eigenvalue weighted by Gasteiger charge is -2.26. The second-order valence-electron chi connectivity index (χ2n) is 8.46. The maximum Gasteiger partial charge on any atom is 0.295 e. The zero-order valence-electron chi connectivity index (χ0n) is 19.6. The third kappa shape index (κ3) is 4.24. The Bertz CT molecular complexity index is 1250. The highest BCUT2D eigenvalue weighted by Crippen LogP contribution is 2.41. The molecule has 34 heavy (non-hydrogen) atoms. The average Bonchev–Trinajstić information content (AvgIpc) is 3.09. The number of carbonyl (C=O) groups is 2. The SMILES string of the molecule is COc1ccc(/C(O)=C2/C(=O)C(=O)N(Cc3cccnc3)C2c2ccc(N(C)C)cc2)cc1C. The van der Waals surface area contributed by atoms with E-state index in [1.165, 1.54) is 4.90 Å². The maximum absolute atomic E-state index is 13.2. The molecular weight excluding hydrogens is 430 g/mol. The molecule has 2 heterocycles. The van der Waals surface area contributed by atoms with Gasteiger partial charge in [0, 0.05) is 44.3 Å². The molecule has 1 unspecified atom stereocenters. The van der Waals surface area contributed by atoms with E-state index in [0.29, 0.717) is 11.3 Å². The molecule has 4 rings (SSSR count). The molecule has 174 valence electrons. The summed E-state index contributed by atoms with van der Waals surface area (Å²) in [6.45, 7) is 2.05. The molecule has 1 aliphatic heterocycles. The molecule has 7 nitrogen and oxygen atoms in total. The number of aryl methyl sites for hydroxylation is 1. The Balaban J connectivity index is 1.85. The minimum Gasteiger partial charge on any atom is -0.507 e. The van der Waals surface area contributed by atoms with Gasteiger partial charge in [0.05, 0.1) is 18.7 Å². The molecule has 2 aromatic carbocycles. The normalized spacial score (nSPS) is 17.2. The number of rotatable bonds is 6. The lowest BCUT2D eigenvalue weighted by atomic mass is 9.94. The Labute approximate surface area is 198 Å². The molecule has 0 aliphatic carbocycles. The van der Waals surface area contributed by atoms with Crippen molar-refractivity contribution in [2.75, 3.05) is 26.1 Å². The molecule has 1 aliphatic rings. The van der Waals surface area contributed by atoms with E-state index in [4.69, 9.17) is 4.74 Å². The molecule has 0 radical (unpaired) electrons. The third-order valence-corrected chi connectivity index (χ3v) is 6.01. The number of ether oxygens (including phenoxy) is 1. The van der Waals surface area contributed by atoms with E-state index in [2.05, 4.69) is 4.98 Å². The zero-order chi connectivity index (χ0) is 24.4. The van der Waals surface area contributed by atoms with Crippen LogP contribution in [-0.2, 0) is 16.1 Å². The van der Waals surface area contributed by atoms with Crippen LogP contribution in [-0.4, -0.2) is 47.9 Å². The first-order valence-corrected chi connectivity index (χ1v) is 10.9. The van der Waals surface area contributed by atoms with E-state index in [0.717, 1.165) is 22.4 Å². The highest BCUT2D eigenvalue weighted by Gasteiger charge is 2.46. The molecule has 1 atom stereocenters. The number of nitrogens with zero attached hydrogens (tertiary/aromatic N) is 3. The largest absolute Gasteiger partial charge is 0.507 e. The van der Waals surface area contributed by atoms with Crippen molar-refractivity contribution in [2.24, 2.45) is 0 Å². The van der Waals surface area contributed by atoms with Crippen LogP contribution < -0.4 is 9.64 Å². The van der Waals surface area contributed by atoms with Gasteiger partial charge in [-0.15, -0.1) is 0 Å². The Hall–Kier alpha value is -4.13. The number of methoxy groups -OCH3 is 1. The standard InChI is InChI=1S/C27H27N3O4/c1-17-14-20(9-12-22(17)34-4)25(31)23-24(19-7-10-21(11-8-19)29(2)3)30(27(33)26(23)32)16-18-6-5-13-28-15-18/h5-15,24,31H,16H2,1-4H3/b25-23-. The second kappa shape index (κ2) is 9.39. The number of pyridine rings is 1. The number of Topliss-reactive ketones (excluding diaryl/α,β-unsaturated/α-hetero) is 1. The fourth-order valence-corrected chi connectivity index (χ4v) is 4.21.